The second-order valence-electron chi connectivity index (χ2n) is 13.9. The SMILES string of the molecule is CCCCCCCC/C=C\CCCCCCCC(=O)N1CCC(C(CNC(=O)C2OC(C)(C)OCC2(C)C)C(=O)O)CC1. The monoisotopic (exact) mass is 606 g/mol. The number of hydrogen-bond acceptors (Lipinski definition) is 5. The van der Waals surface area contributed by atoms with Crippen molar-refractivity contribution in [1.29, 1.82) is 0 Å². The molecule has 2 unspecified atom stereocenters. The molecule has 0 radical (unpaired) electrons. The minimum Gasteiger partial charge on any atom is -0.481 e. The summed E-state index contributed by atoms with van der Waals surface area (Å²) in [6.45, 7) is 11.2. The summed E-state index contributed by atoms with van der Waals surface area (Å²) in [4.78, 5) is 39.8. The molecule has 8 heteroatoms. The summed E-state index contributed by atoms with van der Waals surface area (Å²) in [5.41, 5.74) is -0.520. The van der Waals surface area contributed by atoms with Gasteiger partial charge in [0.15, 0.2) is 5.79 Å². The molecule has 0 saturated carbocycles. The Kier molecular flexibility index (Phi) is 16.9. The van der Waals surface area contributed by atoms with E-state index in [1.54, 1.807) is 13.8 Å². The first kappa shape index (κ1) is 37.3. The Morgan fingerprint density at radius 1 is 0.884 bits per heavy atom. The summed E-state index contributed by atoms with van der Waals surface area (Å²) >= 11 is 0. The highest BCUT2D eigenvalue weighted by Crippen LogP contribution is 2.35. The number of nitrogens with one attached hydrogen (secondary N) is 1. The first-order valence-electron chi connectivity index (χ1n) is 17.2. The van der Waals surface area contributed by atoms with Crippen LogP contribution >= 0.6 is 0 Å². The van der Waals surface area contributed by atoms with Crippen molar-refractivity contribution < 1.29 is 29.0 Å². The van der Waals surface area contributed by atoms with Gasteiger partial charge in [-0.2, -0.15) is 0 Å². The highest BCUT2D eigenvalue weighted by Gasteiger charge is 2.46. The van der Waals surface area contributed by atoms with E-state index in [0.29, 0.717) is 39.0 Å². The van der Waals surface area contributed by atoms with Crippen molar-refractivity contribution in [1.82, 2.24) is 10.2 Å². The van der Waals surface area contributed by atoms with E-state index in [2.05, 4.69) is 24.4 Å². The predicted octanol–water partition coefficient (Wildman–Crippen LogP) is 7.26. The topological polar surface area (TPSA) is 105 Å². The Balaban J connectivity index is 1.58. The van der Waals surface area contributed by atoms with Crippen molar-refractivity contribution in [3.63, 3.8) is 0 Å². The highest BCUT2D eigenvalue weighted by molar-refractivity contribution is 5.82. The third-order valence-electron chi connectivity index (χ3n) is 9.07. The molecule has 2 saturated heterocycles. The standard InChI is InChI=1S/C35H62N2O6/c1-6-7-8-9-10-11-12-13-14-15-16-17-18-19-20-21-30(38)37-24-22-28(23-25-37)29(33(40)41)26-36-32(39)31-34(2,3)27-42-35(4,5)43-31/h13-14,28-29,31H,6-12,15-27H2,1-5H3,(H,36,39)(H,40,41)/b14-13-. The molecule has 2 amide bonds. The first-order chi connectivity index (χ1) is 20.5. The third-order valence-corrected chi connectivity index (χ3v) is 9.07. The molecular weight excluding hydrogens is 544 g/mol. The molecule has 0 aromatic carbocycles. The number of ether oxygens (including phenoxy) is 2. The fraction of sp³-hybridized carbons (Fsp3) is 0.857. The van der Waals surface area contributed by atoms with Gasteiger partial charge in [-0.05, 0) is 64.7 Å². The first-order valence-corrected chi connectivity index (χ1v) is 17.2. The fourth-order valence-corrected chi connectivity index (χ4v) is 6.14. The van der Waals surface area contributed by atoms with E-state index in [1.807, 2.05) is 18.7 Å². The number of piperidine rings is 1. The lowest BCUT2D eigenvalue weighted by molar-refractivity contribution is -0.304. The van der Waals surface area contributed by atoms with Crippen molar-refractivity contribution >= 4 is 17.8 Å². The van der Waals surface area contributed by atoms with Gasteiger partial charge in [-0.3, -0.25) is 14.4 Å². The Bertz CT molecular complexity index is 862. The molecule has 2 aliphatic rings. The van der Waals surface area contributed by atoms with Crippen LogP contribution in [0.3, 0.4) is 0 Å². The minimum atomic E-state index is -0.911. The third kappa shape index (κ3) is 14.1. The molecule has 2 heterocycles. The molecule has 2 rings (SSSR count). The van der Waals surface area contributed by atoms with E-state index in [9.17, 15) is 19.5 Å². The number of rotatable bonds is 20. The number of carbonyl (C=O) groups is 3. The lowest BCUT2D eigenvalue weighted by Gasteiger charge is -2.45. The molecule has 2 aliphatic heterocycles. The number of likely N-dealkylation sites (tertiary alicyclic amines) is 1. The molecular formula is C35H62N2O6. The minimum absolute atomic E-state index is 0.0545. The van der Waals surface area contributed by atoms with Crippen LogP contribution in [0.5, 0.6) is 0 Å². The maximum absolute atomic E-state index is 13.0. The van der Waals surface area contributed by atoms with Crippen LogP contribution in [0.1, 0.15) is 137 Å². The van der Waals surface area contributed by atoms with Crippen molar-refractivity contribution in [3.8, 4) is 0 Å². The molecule has 2 fully saturated rings. The van der Waals surface area contributed by atoms with Crippen LogP contribution < -0.4 is 5.32 Å². The molecule has 2 atom stereocenters. The van der Waals surface area contributed by atoms with Crippen molar-refractivity contribution in [3.05, 3.63) is 12.2 Å². The Morgan fingerprint density at radius 3 is 2.02 bits per heavy atom. The lowest BCUT2D eigenvalue weighted by atomic mass is 9.83. The van der Waals surface area contributed by atoms with Crippen LogP contribution in [0.25, 0.3) is 0 Å². The molecule has 43 heavy (non-hydrogen) atoms. The Hall–Kier alpha value is -1.93. The molecule has 0 aromatic rings. The molecule has 0 aliphatic carbocycles. The maximum atomic E-state index is 13.0. The van der Waals surface area contributed by atoms with Gasteiger partial charge in [-0.15, -0.1) is 0 Å². The number of carbonyl (C=O) groups excluding carboxylic acids is 2. The largest absolute Gasteiger partial charge is 0.481 e. The summed E-state index contributed by atoms with van der Waals surface area (Å²) in [6, 6.07) is 0. The van der Waals surface area contributed by atoms with Gasteiger partial charge in [0, 0.05) is 31.5 Å². The zero-order chi connectivity index (χ0) is 31.7. The van der Waals surface area contributed by atoms with Crippen molar-refractivity contribution in [2.45, 2.75) is 149 Å². The molecule has 0 spiro atoms. The van der Waals surface area contributed by atoms with Gasteiger partial charge in [-0.1, -0.05) is 84.3 Å². The van der Waals surface area contributed by atoms with E-state index in [0.717, 1.165) is 19.3 Å². The van der Waals surface area contributed by atoms with Crippen LogP contribution in [0.4, 0.5) is 0 Å². The molecule has 8 nitrogen and oxygen atoms in total. The van der Waals surface area contributed by atoms with Crippen LogP contribution in [-0.2, 0) is 23.9 Å². The van der Waals surface area contributed by atoms with E-state index in [-0.39, 0.29) is 24.3 Å². The Labute approximate surface area is 261 Å². The van der Waals surface area contributed by atoms with E-state index in [4.69, 9.17) is 9.47 Å². The average Bonchev–Trinajstić information content (AvgIpc) is 2.96. The van der Waals surface area contributed by atoms with E-state index in [1.165, 1.54) is 64.2 Å². The van der Waals surface area contributed by atoms with Gasteiger partial charge in [0.25, 0.3) is 0 Å². The quantitative estimate of drug-likeness (QED) is 0.112. The average molecular weight is 607 g/mol. The number of hydrogen-bond donors (Lipinski definition) is 2. The number of allylic oxidation sites excluding steroid dienone is 2. The highest BCUT2D eigenvalue weighted by atomic mass is 16.7. The molecule has 0 aromatic heterocycles. The van der Waals surface area contributed by atoms with Crippen molar-refractivity contribution in [2.75, 3.05) is 26.2 Å². The molecule has 2 N–H and O–H groups in total. The number of nitrogens with zero attached hydrogens (tertiary/aromatic N) is 1. The summed E-state index contributed by atoms with van der Waals surface area (Å²) in [6.07, 6.45) is 21.9. The van der Waals surface area contributed by atoms with Gasteiger partial charge in [0.05, 0.1) is 12.5 Å². The second kappa shape index (κ2) is 19.5. The Morgan fingerprint density at radius 2 is 1.44 bits per heavy atom. The zero-order valence-electron chi connectivity index (χ0n) is 28.0. The van der Waals surface area contributed by atoms with Crippen LogP contribution in [0.15, 0.2) is 12.2 Å². The van der Waals surface area contributed by atoms with Gasteiger partial charge in [-0.25, -0.2) is 0 Å². The fourth-order valence-electron chi connectivity index (χ4n) is 6.14. The number of unbranched alkanes of at least 4 members (excludes halogenated alkanes) is 11. The van der Waals surface area contributed by atoms with Gasteiger partial charge < -0.3 is 24.8 Å². The summed E-state index contributed by atoms with van der Waals surface area (Å²) in [5, 5.41) is 12.8. The summed E-state index contributed by atoms with van der Waals surface area (Å²) < 4.78 is 11.6. The molecule has 248 valence electrons. The van der Waals surface area contributed by atoms with Crippen LogP contribution in [0.2, 0.25) is 0 Å². The summed E-state index contributed by atoms with van der Waals surface area (Å²) in [7, 11) is 0. The van der Waals surface area contributed by atoms with E-state index >= 15 is 0 Å². The molecule has 0 bridgehead atoms. The van der Waals surface area contributed by atoms with Crippen LogP contribution in [0, 0.1) is 17.3 Å². The predicted molar refractivity (Wildman–Crippen MR) is 172 cm³/mol. The lowest BCUT2D eigenvalue weighted by Crippen LogP contribution is -2.57. The number of aliphatic carboxylic acids is 1. The van der Waals surface area contributed by atoms with Gasteiger partial charge in [0.2, 0.25) is 11.8 Å². The van der Waals surface area contributed by atoms with Gasteiger partial charge in [0.1, 0.15) is 6.10 Å². The van der Waals surface area contributed by atoms with E-state index < -0.39 is 29.2 Å². The van der Waals surface area contributed by atoms with Crippen molar-refractivity contribution in [2.24, 2.45) is 17.3 Å². The smallest absolute Gasteiger partial charge is 0.308 e. The normalized spacial score (nSPS) is 21.1. The summed E-state index contributed by atoms with van der Waals surface area (Å²) in [5.74, 6) is -2.68. The zero-order valence-corrected chi connectivity index (χ0v) is 28.0. The maximum Gasteiger partial charge on any atom is 0.308 e. The number of carboxylic acid groups (broad SMARTS) is 1. The second-order valence-corrected chi connectivity index (χ2v) is 13.9. The van der Waals surface area contributed by atoms with Crippen LogP contribution in [-0.4, -0.2) is 65.9 Å². The van der Waals surface area contributed by atoms with Gasteiger partial charge >= 0.3 is 5.97 Å². The number of amides is 2. The number of carboxylic acids is 1.